The molecule has 0 saturated heterocycles. The predicted octanol–water partition coefficient (Wildman–Crippen LogP) is 2.20. The molecule has 0 aliphatic rings. The quantitative estimate of drug-likeness (QED) is 0.781. The number of carbonyl (C=O) groups excluding carboxylic acids is 1. The summed E-state index contributed by atoms with van der Waals surface area (Å²) in [6.45, 7) is 3.64. The minimum atomic E-state index is -3.69. The molecule has 0 radical (unpaired) electrons. The van der Waals surface area contributed by atoms with E-state index in [0.717, 1.165) is 17.4 Å². The normalized spacial score (nSPS) is 11.6. The number of nitrogens with one attached hydrogen (secondary N) is 1. The molecule has 0 spiro atoms. The number of pyridine rings is 1. The Morgan fingerprint density at radius 1 is 1.17 bits per heavy atom. The molecule has 24 heavy (non-hydrogen) atoms. The SMILES string of the molecule is Cc1ccc(-c2noc3nc(C)cc(C(=O)NS(C)(=O)=O)c23)cc1. The maximum atomic E-state index is 12.4. The number of hydrogen-bond donors (Lipinski definition) is 1. The number of fused-ring (bicyclic) bond motifs is 1. The van der Waals surface area contributed by atoms with Crippen LogP contribution in [0.5, 0.6) is 0 Å². The summed E-state index contributed by atoms with van der Waals surface area (Å²) < 4.78 is 30.0. The van der Waals surface area contributed by atoms with Crippen LogP contribution in [0.15, 0.2) is 34.9 Å². The number of sulfonamides is 1. The minimum Gasteiger partial charge on any atom is -0.335 e. The van der Waals surface area contributed by atoms with E-state index in [9.17, 15) is 13.2 Å². The number of aromatic nitrogens is 2. The summed E-state index contributed by atoms with van der Waals surface area (Å²) in [7, 11) is -3.69. The molecule has 1 aromatic carbocycles. The Bertz CT molecular complexity index is 1040. The number of carbonyl (C=O) groups is 1. The predicted molar refractivity (Wildman–Crippen MR) is 89.0 cm³/mol. The molecule has 3 rings (SSSR count). The van der Waals surface area contributed by atoms with E-state index in [0.29, 0.717) is 16.8 Å². The number of aryl methyl sites for hydroxylation is 2. The lowest BCUT2D eigenvalue weighted by molar-refractivity contribution is 0.0983. The number of nitrogens with zero attached hydrogens (tertiary/aromatic N) is 2. The van der Waals surface area contributed by atoms with E-state index in [1.54, 1.807) is 6.92 Å². The second kappa shape index (κ2) is 5.72. The zero-order valence-corrected chi connectivity index (χ0v) is 14.1. The fourth-order valence-electron chi connectivity index (χ4n) is 2.38. The van der Waals surface area contributed by atoms with Gasteiger partial charge in [-0.05, 0) is 19.9 Å². The molecule has 0 aliphatic heterocycles. The summed E-state index contributed by atoms with van der Waals surface area (Å²) in [6, 6.07) is 9.04. The van der Waals surface area contributed by atoms with Gasteiger partial charge >= 0.3 is 0 Å². The highest BCUT2D eigenvalue weighted by Crippen LogP contribution is 2.30. The maximum Gasteiger partial charge on any atom is 0.265 e. The molecule has 0 atom stereocenters. The highest BCUT2D eigenvalue weighted by molar-refractivity contribution is 7.89. The second-order valence-corrected chi connectivity index (χ2v) is 7.34. The van der Waals surface area contributed by atoms with E-state index in [1.165, 1.54) is 6.07 Å². The Morgan fingerprint density at radius 2 is 1.83 bits per heavy atom. The smallest absolute Gasteiger partial charge is 0.265 e. The van der Waals surface area contributed by atoms with Crippen LogP contribution in [0.4, 0.5) is 0 Å². The number of hydrogen-bond acceptors (Lipinski definition) is 6. The van der Waals surface area contributed by atoms with Crippen LogP contribution in [0, 0.1) is 13.8 Å². The Morgan fingerprint density at radius 3 is 2.46 bits per heavy atom. The molecule has 1 amide bonds. The van der Waals surface area contributed by atoms with Crippen LogP contribution in [-0.4, -0.2) is 30.7 Å². The summed E-state index contributed by atoms with van der Waals surface area (Å²) >= 11 is 0. The van der Waals surface area contributed by atoms with E-state index < -0.39 is 15.9 Å². The van der Waals surface area contributed by atoms with Gasteiger partial charge in [-0.3, -0.25) is 4.79 Å². The summed E-state index contributed by atoms with van der Waals surface area (Å²) in [5.41, 5.74) is 3.13. The van der Waals surface area contributed by atoms with Crippen molar-refractivity contribution in [2.24, 2.45) is 0 Å². The van der Waals surface area contributed by atoms with Crippen molar-refractivity contribution in [1.29, 1.82) is 0 Å². The molecular weight excluding hydrogens is 330 g/mol. The Hall–Kier alpha value is -2.74. The third kappa shape index (κ3) is 3.13. The van der Waals surface area contributed by atoms with Crippen molar-refractivity contribution in [3.8, 4) is 11.3 Å². The maximum absolute atomic E-state index is 12.4. The second-order valence-electron chi connectivity index (χ2n) is 5.59. The van der Waals surface area contributed by atoms with Crippen LogP contribution in [0.2, 0.25) is 0 Å². The highest BCUT2D eigenvalue weighted by atomic mass is 32.2. The van der Waals surface area contributed by atoms with Crippen LogP contribution < -0.4 is 4.72 Å². The zero-order chi connectivity index (χ0) is 17.5. The standard InChI is InChI=1S/C16H15N3O4S/c1-9-4-6-11(7-5-9)14-13-12(15(20)19-24(3,21)22)8-10(2)17-16(13)23-18-14/h4-8H,1-3H3,(H,19,20). The zero-order valence-electron chi connectivity index (χ0n) is 13.3. The lowest BCUT2D eigenvalue weighted by atomic mass is 10.0. The lowest BCUT2D eigenvalue weighted by Crippen LogP contribution is -2.29. The molecule has 3 aromatic rings. The molecule has 0 fully saturated rings. The van der Waals surface area contributed by atoms with E-state index >= 15 is 0 Å². The van der Waals surface area contributed by atoms with Crippen LogP contribution in [0.1, 0.15) is 21.6 Å². The van der Waals surface area contributed by atoms with Gasteiger partial charge in [0, 0.05) is 11.3 Å². The van der Waals surface area contributed by atoms with Crippen molar-refractivity contribution < 1.29 is 17.7 Å². The fraction of sp³-hybridized carbons (Fsp3) is 0.188. The molecule has 0 bridgehead atoms. The summed E-state index contributed by atoms with van der Waals surface area (Å²) in [6.07, 6.45) is 0.921. The molecule has 7 nitrogen and oxygen atoms in total. The van der Waals surface area contributed by atoms with Gasteiger partial charge in [0.05, 0.1) is 17.2 Å². The first-order valence-electron chi connectivity index (χ1n) is 7.11. The van der Waals surface area contributed by atoms with Crippen molar-refractivity contribution in [3.05, 3.63) is 47.2 Å². The van der Waals surface area contributed by atoms with Crippen molar-refractivity contribution in [2.75, 3.05) is 6.26 Å². The van der Waals surface area contributed by atoms with Gasteiger partial charge in [0.15, 0.2) is 0 Å². The molecule has 2 aromatic heterocycles. The van der Waals surface area contributed by atoms with Crippen LogP contribution >= 0.6 is 0 Å². The van der Waals surface area contributed by atoms with Gasteiger partial charge < -0.3 is 4.52 Å². The Balaban J connectivity index is 2.23. The average molecular weight is 345 g/mol. The van der Waals surface area contributed by atoms with E-state index in [2.05, 4.69) is 10.1 Å². The van der Waals surface area contributed by atoms with Crippen molar-refractivity contribution in [1.82, 2.24) is 14.9 Å². The molecule has 8 heteroatoms. The van der Waals surface area contributed by atoms with E-state index in [-0.39, 0.29) is 11.3 Å². The summed E-state index contributed by atoms with van der Waals surface area (Å²) in [5.74, 6) is -0.746. The summed E-state index contributed by atoms with van der Waals surface area (Å²) in [5, 5.41) is 4.39. The number of rotatable bonds is 3. The highest BCUT2D eigenvalue weighted by Gasteiger charge is 2.22. The molecular formula is C16H15N3O4S. The van der Waals surface area contributed by atoms with Crippen molar-refractivity contribution in [2.45, 2.75) is 13.8 Å². The van der Waals surface area contributed by atoms with Gasteiger partial charge in [-0.1, -0.05) is 35.0 Å². The van der Waals surface area contributed by atoms with Gasteiger partial charge in [-0.15, -0.1) is 0 Å². The number of benzene rings is 1. The van der Waals surface area contributed by atoms with E-state index in [1.807, 2.05) is 35.9 Å². The Labute approximate surface area is 138 Å². The first-order chi connectivity index (χ1) is 11.2. The molecule has 0 aliphatic carbocycles. The Kier molecular flexibility index (Phi) is 3.84. The average Bonchev–Trinajstić information content (AvgIpc) is 2.89. The van der Waals surface area contributed by atoms with Gasteiger partial charge in [0.1, 0.15) is 5.69 Å². The molecule has 124 valence electrons. The molecule has 0 unspecified atom stereocenters. The largest absolute Gasteiger partial charge is 0.335 e. The van der Waals surface area contributed by atoms with Gasteiger partial charge in [-0.25, -0.2) is 18.1 Å². The van der Waals surface area contributed by atoms with Gasteiger partial charge in [0.2, 0.25) is 10.0 Å². The number of amides is 1. The monoisotopic (exact) mass is 345 g/mol. The molecule has 1 N–H and O–H groups in total. The third-order valence-corrected chi connectivity index (χ3v) is 3.98. The van der Waals surface area contributed by atoms with Crippen LogP contribution in [0.25, 0.3) is 22.4 Å². The van der Waals surface area contributed by atoms with Crippen molar-refractivity contribution >= 4 is 27.0 Å². The first-order valence-corrected chi connectivity index (χ1v) is 9.00. The molecule has 0 saturated carbocycles. The first kappa shape index (κ1) is 16.1. The molecule has 2 heterocycles. The topological polar surface area (TPSA) is 102 Å². The van der Waals surface area contributed by atoms with Crippen LogP contribution in [-0.2, 0) is 10.0 Å². The van der Waals surface area contributed by atoms with E-state index in [4.69, 9.17) is 4.52 Å². The van der Waals surface area contributed by atoms with Crippen molar-refractivity contribution in [3.63, 3.8) is 0 Å². The third-order valence-electron chi connectivity index (χ3n) is 3.42. The van der Waals surface area contributed by atoms with Gasteiger partial charge in [0.25, 0.3) is 11.6 Å². The summed E-state index contributed by atoms with van der Waals surface area (Å²) in [4.78, 5) is 16.6. The van der Waals surface area contributed by atoms with Crippen LogP contribution in [0.3, 0.4) is 0 Å². The lowest BCUT2D eigenvalue weighted by Gasteiger charge is -2.06. The van der Waals surface area contributed by atoms with Gasteiger partial charge in [-0.2, -0.15) is 0 Å². The fourth-order valence-corrected chi connectivity index (χ4v) is 2.83. The minimum absolute atomic E-state index is 0.153.